The molecule has 1 aliphatic rings. The average molecular weight is 226 g/mol. The lowest BCUT2D eigenvalue weighted by molar-refractivity contribution is 0.350. The summed E-state index contributed by atoms with van der Waals surface area (Å²) in [5.41, 5.74) is 8.37. The lowest BCUT2D eigenvalue weighted by Crippen LogP contribution is -2.11. The van der Waals surface area contributed by atoms with Gasteiger partial charge in [-0.15, -0.1) is 0 Å². The summed E-state index contributed by atoms with van der Waals surface area (Å²) in [6.07, 6.45) is 2.99. The first kappa shape index (κ1) is 10.8. The van der Waals surface area contributed by atoms with E-state index < -0.39 is 0 Å². The summed E-state index contributed by atoms with van der Waals surface area (Å²) in [5, 5.41) is 0.765. The van der Waals surface area contributed by atoms with Crippen molar-refractivity contribution in [3.05, 3.63) is 28.3 Å². The largest absolute Gasteiger partial charge is 0.493 e. The normalized spacial score (nSPS) is 15.9. The van der Waals surface area contributed by atoms with E-state index in [1.807, 2.05) is 12.1 Å². The Labute approximate surface area is 95.4 Å². The Bertz CT molecular complexity index is 365. The maximum absolute atomic E-state index is 6.11. The molecule has 0 amide bonds. The molecule has 1 aromatic rings. The van der Waals surface area contributed by atoms with Crippen LogP contribution in [0.2, 0.25) is 5.02 Å². The third-order valence-corrected chi connectivity index (χ3v) is 2.99. The van der Waals surface area contributed by atoms with Gasteiger partial charge in [0.1, 0.15) is 5.75 Å². The van der Waals surface area contributed by atoms with Crippen LogP contribution in [0.1, 0.15) is 36.9 Å². The van der Waals surface area contributed by atoms with Crippen molar-refractivity contribution in [2.45, 2.75) is 32.2 Å². The highest BCUT2D eigenvalue weighted by atomic mass is 35.5. The third-order valence-electron chi connectivity index (χ3n) is 2.78. The highest BCUT2D eigenvalue weighted by Gasteiger charge is 2.20. The number of fused-ring (bicyclic) bond motifs is 1. The maximum atomic E-state index is 6.11. The van der Waals surface area contributed by atoms with E-state index in [0.717, 1.165) is 42.2 Å². The van der Waals surface area contributed by atoms with E-state index in [4.69, 9.17) is 22.1 Å². The fraction of sp³-hybridized carbons (Fsp3) is 0.500. The van der Waals surface area contributed by atoms with E-state index in [-0.39, 0.29) is 6.04 Å². The molecule has 0 aliphatic carbocycles. The molecule has 0 spiro atoms. The molecular formula is C12H16ClNO. The molecule has 2 rings (SSSR count). The van der Waals surface area contributed by atoms with Crippen molar-refractivity contribution in [3.63, 3.8) is 0 Å². The van der Waals surface area contributed by atoms with Gasteiger partial charge in [0.2, 0.25) is 0 Å². The van der Waals surface area contributed by atoms with Gasteiger partial charge in [0.25, 0.3) is 0 Å². The number of ether oxygens (including phenoxy) is 1. The Morgan fingerprint density at radius 3 is 3.07 bits per heavy atom. The van der Waals surface area contributed by atoms with Gasteiger partial charge in [-0.3, -0.25) is 0 Å². The van der Waals surface area contributed by atoms with Gasteiger partial charge >= 0.3 is 0 Å². The molecule has 15 heavy (non-hydrogen) atoms. The fourth-order valence-electron chi connectivity index (χ4n) is 2.04. The molecule has 2 N–H and O–H groups in total. The number of halogens is 1. The van der Waals surface area contributed by atoms with Crippen LogP contribution < -0.4 is 10.5 Å². The molecule has 2 nitrogen and oxygen atoms in total. The summed E-state index contributed by atoms with van der Waals surface area (Å²) in [6.45, 7) is 2.88. The van der Waals surface area contributed by atoms with Gasteiger partial charge in [0.05, 0.1) is 6.61 Å². The number of nitrogens with two attached hydrogens (primary N) is 1. The first-order valence-electron chi connectivity index (χ1n) is 5.43. The smallest absolute Gasteiger partial charge is 0.127 e. The molecule has 0 aromatic heterocycles. The van der Waals surface area contributed by atoms with Gasteiger partial charge in [-0.05, 0) is 24.1 Å². The zero-order valence-corrected chi connectivity index (χ0v) is 9.68. The Balaban J connectivity index is 2.37. The topological polar surface area (TPSA) is 35.2 Å². The van der Waals surface area contributed by atoms with Crippen LogP contribution in [0.3, 0.4) is 0 Å². The van der Waals surface area contributed by atoms with Crippen LogP contribution in [0.15, 0.2) is 12.1 Å². The van der Waals surface area contributed by atoms with Crippen molar-refractivity contribution >= 4 is 11.6 Å². The standard InChI is InChI=1S/C12H16ClNO/c1-2-3-11(14)10-7-9(13)6-8-4-5-15-12(8)10/h6-7,11H,2-5,14H2,1H3. The van der Waals surface area contributed by atoms with E-state index in [0.29, 0.717) is 0 Å². The Kier molecular flexibility index (Phi) is 3.17. The molecule has 1 unspecified atom stereocenters. The SMILES string of the molecule is CCCC(N)c1cc(Cl)cc2c1OCC2. The minimum atomic E-state index is 0.0422. The summed E-state index contributed by atoms with van der Waals surface area (Å²) in [4.78, 5) is 0. The van der Waals surface area contributed by atoms with E-state index in [1.54, 1.807) is 0 Å². The molecular weight excluding hydrogens is 210 g/mol. The zero-order valence-electron chi connectivity index (χ0n) is 8.92. The summed E-state index contributed by atoms with van der Waals surface area (Å²) in [7, 11) is 0. The zero-order chi connectivity index (χ0) is 10.8. The number of rotatable bonds is 3. The molecule has 3 heteroatoms. The first-order valence-corrected chi connectivity index (χ1v) is 5.81. The molecule has 1 atom stereocenters. The highest BCUT2D eigenvalue weighted by Crippen LogP contribution is 2.36. The van der Waals surface area contributed by atoms with Crippen molar-refractivity contribution in [1.29, 1.82) is 0 Å². The van der Waals surface area contributed by atoms with Crippen LogP contribution in [0.4, 0.5) is 0 Å². The van der Waals surface area contributed by atoms with Crippen molar-refractivity contribution < 1.29 is 4.74 Å². The Morgan fingerprint density at radius 2 is 2.33 bits per heavy atom. The predicted octanol–water partition coefficient (Wildman–Crippen LogP) is 3.07. The van der Waals surface area contributed by atoms with Crippen molar-refractivity contribution in [1.82, 2.24) is 0 Å². The molecule has 0 radical (unpaired) electrons. The van der Waals surface area contributed by atoms with Crippen molar-refractivity contribution in [2.75, 3.05) is 6.61 Å². The third kappa shape index (κ3) is 2.11. The molecule has 1 heterocycles. The van der Waals surface area contributed by atoms with Gasteiger partial charge in [0.15, 0.2) is 0 Å². The quantitative estimate of drug-likeness (QED) is 0.858. The van der Waals surface area contributed by atoms with Crippen LogP contribution >= 0.6 is 11.6 Å². The molecule has 1 aromatic carbocycles. The van der Waals surface area contributed by atoms with Crippen LogP contribution in [-0.4, -0.2) is 6.61 Å². The van der Waals surface area contributed by atoms with Gasteiger partial charge in [-0.1, -0.05) is 24.9 Å². The molecule has 0 saturated carbocycles. The molecule has 1 aliphatic heterocycles. The predicted molar refractivity (Wildman–Crippen MR) is 62.5 cm³/mol. The van der Waals surface area contributed by atoms with E-state index >= 15 is 0 Å². The Hall–Kier alpha value is -0.730. The van der Waals surface area contributed by atoms with Crippen LogP contribution in [0.25, 0.3) is 0 Å². The Morgan fingerprint density at radius 1 is 1.53 bits per heavy atom. The summed E-state index contributed by atoms with van der Waals surface area (Å²) >= 11 is 6.06. The number of benzene rings is 1. The monoisotopic (exact) mass is 225 g/mol. The minimum absolute atomic E-state index is 0.0422. The lowest BCUT2D eigenvalue weighted by Gasteiger charge is -2.15. The first-order chi connectivity index (χ1) is 7.22. The second kappa shape index (κ2) is 4.42. The summed E-state index contributed by atoms with van der Waals surface area (Å²) < 4.78 is 5.61. The molecule has 82 valence electrons. The minimum Gasteiger partial charge on any atom is -0.493 e. The number of hydrogen-bond donors (Lipinski definition) is 1. The van der Waals surface area contributed by atoms with Crippen LogP contribution in [0.5, 0.6) is 5.75 Å². The van der Waals surface area contributed by atoms with Gasteiger partial charge in [0, 0.05) is 23.0 Å². The fourth-order valence-corrected chi connectivity index (χ4v) is 2.29. The maximum Gasteiger partial charge on any atom is 0.127 e. The lowest BCUT2D eigenvalue weighted by atomic mass is 9.99. The van der Waals surface area contributed by atoms with Crippen LogP contribution in [0, 0.1) is 0 Å². The van der Waals surface area contributed by atoms with Gasteiger partial charge in [-0.2, -0.15) is 0 Å². The average Bonchev–Trinajstić information content (AvgIpc) is 2.64. The van der Waals surface area contributed by atoms with E-state index in [2.05, 4.69) is 6.92 Å². The van der Waals surface area contributed by atoms with Crippen molar-refractivity contribution in [3.8, 4) is 5.75 Å². The second-order valence-electron chi connectivity index (χ2n) is 3.98. The number of hydrogen-bond acceptors (Lipinski definition) is 2. The summed E-state index contributed by atoms with van der Waals surface area (Å²) in [5.74, 6) is 0.973. The van der Waals surface area contributed by atoms with Gasteiger partial charge in [-0.25, -0.2) is 0 Å². The molecule has 0 bridgehead atoms. The van der Waals surface area contributed by atoms with E-state index in [1.165, 1.54) is 5.56 Å². The summed E-state index contributed by atoms with van der Waals surface area (Å²) in [6, 6.07) is 3.96. The van der Waals surface area contributed by atoms with Crippen LogP contribution in [-0.2, 0) is 6.42 Å². The van der Waals surface area contributed by atoms with E-state index in [9.17, 15) is 0 Å². The molecule has 0 saturated heterocycles. The van der Waals surface area contributed by atoms with Gasteiger partial charge < -0.3 is 10.5 Å². The van der Waals surface area contributed by atoms with Crippen molar-refractivity contribution in [2.24, 2.45) is 5.73 Å². The highest BCUT2D eigenvalue weighted by molar-refractivity contribution is 6.30. The molecule has 0 fully saturated rings. The second-order valence-corrected chi connectivity index (χ2v) is 4.41.